The van der Waals surface area contributed by atoms with Gasteiger partial charge in [0.25, 0.3) is 18.2 Å². The molecule has 3 atom stereocenters. The van der Waals surface area contributed by atoms with Gasteiger partial charge in [-0.1, -0.05) is 12.1 Å². The molecule has 6 aliphatic heterocycles. The Morgan fingerprint density at radius 2 is 1.70 bits per heavy atom. The van der Waals surface area contributed by atoms with Crippen LogP contribution < -0.4 is 21.3 Å². The predicted molar refractivity (Wildman–Crippen MR) is 249 cm³/mol. The van der Waals surface area contributed by atoms with Crippen LogP contribution in [-0.4, -0.2) is 145 Å². The number of hydrogen-bond donors (Lipinski definition) is 4. The number of allylic oxidation sites excluding steroid dienone is 1. The third kappa shape index (κ3) is 10.1. The number of alkyl halides is 2. The number of amides is 6. The molecule has 67 heavy (non-hydrogen) atoms. The minimum absolute atomic E-state index is 0.0669. The highest BCUT2D eigenvalue weighted by atomic mass is 19.3. The number of nitrogens with one attached hydrogen (secondary N) is 3. The Kier molecular flexibility index (Phi) is 14.6. The van der Waals surface area contributed by atoms with Gasteiger partial charge in [-0.15, -0.1) is 0 Å². The summed E-state index contributed by atoms with van der Waals surface area (Å²) in [6, 6.07) is 7.48. The topological polar surface area (TPSA) is 205 Å². The van der Waals surface area contributed by atoms with Crippen molar-refractivity contribution in [2.45, 2.75) is 102 Å². The third-order valence-corrected chi connectivity index (χ3v) is 14.8. The Labute approximate surface area is 389 Å². The molecule has 4 saturated heterocycles. The van der Waals surface area contributed by atoms with Crippen LogP contribution in [0.5, 0.6) is 0 Å². The van der Waals surface area contributed by atoms with Gasteiger partial charge in [0.05, 0.1) is 17.7 Å². The third-order valence-electron chi connectivity index (χ3n) is 14.8. The number of piperidine rings is 4. The number of carbonyl (C=O) groups excluding carboxylic acids is 6. The fraction of sp³-hybridized carbons (Fsp3) is 0.551. The van der Waals surface area contributed by atoms with Crippen molar-refractivity contribution in [1.82, 2.24) is 30.2 Å². The first-order valence-electron chi connectivity index (χ1n) is 23.8. The van der Waals surface area contributed by atoms with Crippen molar-refractivity contribution in [3.63, 3.8) is 0 Å². The molecule has 0 aliphatic carbocycles. The van der Waals surface area contributed by atoms with Crippen LogP contribution in [0.2, 0.25) is 0 Å². The molecule has 8 rings (SSSR count). The summed E-state index contributed by atoms with van der Waals surface area (Å²) >= 11 is 0. The Bertz CT molecular complexity index is 2360. The van der Waals surface area contributed by atoms with E-state index in [1.54, 1.807) is 30.1 Å². The Morgan fingerprint density at radius 3 is 2.39 bits per heavy atom. The number of aryl methyl sites for hydroxylation is 2. The van der Waals surface area contributed by atoms with Crippen LogP contribution in [0.3, 0.4) is 0 Å². The van der Waals surface area contributed by atoms with Gasteiger partial charge in [0.15, 0.2) is 0 Å². The molecule has 2 aromatic carbocycles. The quantitative estimate of drug-likeness (QED) is 0.137. The van der Waals surface area contributed by atoms with E-state index >= 15 is 0 Å². The summed E-state index contributed by atoms with van der Waals surface area (Å²) in [5.41, 5.74) is 9.26. The molecule has 5 N–H and O–H groups in total. The summed E-state index contributed by atoms with van der Waals surface area (Å²) in [4.78, 5) is 90.1. The first kappa shape index (κ1) is 47.6. The smallest absolute Gasteiger partial charge is 0.264 e. The molecule has 0 aromatic heterocycles. The predicted octanol–water partition coefficient (Wildman–Crippen LogP) is 3.92. The number of anilines is 1. The monoisotopic (exact) mass is 924 g/mol. The number of fused-ring (bicyclic) bond motifs is 2. The summed E-state index contributed by atoms with van der Waals surface area (Å²) < 4.78 is 29.2. The van der Waals surface area contributed by atoms with Gasteiger partial charge in [-0.25, -0.2) is 8.78 Å². The number of nitrogens with zero attached hydrogens (tertiary/aromatic N) is 6. The molecule has 3 unspecified atom stereocenters. The average molecular weight is 925 g/mol. The zero-order valence-electron chi connectivity index (χ0n) is 38.4. The lowest BCUT2D eigenvalue weighted by molar-refractivity contribution is -0.136. The van der Waals surface area contributed by atoms with Gasteiger partial charge in [0, 0.05) is 100 Å². The number of halogens is 2. The van der Waals surface area contributed by atoms with Gasteiger partial charge < -0.3 is 25.8 Å². The molecule has 6 heterocycles. The molecular formula is C49H62F2N10O6. The Balaban J connectivity index is 0.827. The van der Waals surface area contributed by atoms with Gasteiger partial charge in [-0.3, -0.25) is 54.3 Å². The van der Waals surface area contributed by atoms with Crippen molar-refractivity contribution in [1.29, 1.82) is 5.41 Å². The highest BCUT2D eigenvalue weighted by Crippen LogP contribution is 2.39. The fourth-order valence-electron chi connectivity index (χ4n) is 11.1. The molecule has 18 heteroatoms. The van der Waals surface area contributed by atoms with Crippen LogP contribution >= 0.6 is 0 Å². The number of amidine groups is 1. The normalized spacial score (nSPS) is 23.6. The summed E-state index contributed by atoms with van der Waals surface area (Å²) in [6.45, 7) is 6.03. The van der Waals surface area contributed by atoms with Gasteiger partial charge in [-0.05, 0) is 118 Å². The van der Waals surface area contributed by atoms with Crippen LogP contribution in [-0.2, 0) is 32.0 Å². The second-order valence-electron chi connectivity index (χ2n) is 18.9. The Morgan fingerprint density at radius 1 is 0.955 bits per heavy atom. The lowest BCUT2D eigenvalue weighted by atomic mass is 9.86. The van der Waals surface area contributed by atoms with E-state index in [9.17, 15) is 43.0 Å². The molecule has 4 fully saturated rings. The summed E-state index contributed by atoms with van der Waals surface area (Å²) in [5.74, 6) is -1.68. The van der Waals surface area contributed by atoms with Crippen LogP contribution in [0.4, 0.5) is 14.5 Å². The molecule has 6 aliphatic rings. The summed E-state index contributed by atoms with van der Waals surface area (Å²) in [5, 5.41) is 15.7. The van der Waals surface area contributed by atoms with E-state index in [4.69, 9.17) is 5.73 Å². The van der Waals surface area contributed by atoms with Crippen molar-refractivity contribution in [3.05, 3.63) is 69.9 Å². The molecule has 16 nitrogen and oxygen atoms in total. The second kappa shape index (κ2) is 20.6. The van der Waals surface area contributed by atoms with Crippen molar-refractivity contribution in [2.75, 3.05) is 64.3 Å². The number of aliphatic imine (C=N–C) groups is 1. The number of rotatable bonds is 12. The largest absolute Gasteiger partial charge is 0.404 e. The summed E-state index contributed by atoms with van der Waals surface area (Å²) in [6.07, 6.45) is 6.92. The van der Waals surface area contributed by atoms with E-state index in [-0.39, 0.29) is 48.2 Å². The van der Waals surface area contributed by atoms with E-state index in [0.29, 0.717) is 98.2 Å². The van der Waals surface area contributed by atoms with Gasteiger partial charge in [0.1, 0.15) is 11.9 Å². The average Bonchev–Trinajstić information content (AvgIpc) is 3.58. The van der Waals surface area contributed by atoms with E-state index in [0.717, 1.165) is 67.6 Å². The molecule has 0 bridgehead atoms. The first-order chi connectivity index (χ1) is 32.3. The number of nitrogens with two attached hydrogens (primary N) is 1. The van der Waals surface area contributed by atoms with Crippen LogP contribution in [0, 0.1) is 17.2 Å². The number of likely N-dealkylation sites (tertiary alicyclic amines) is 3. The SMILES string of the molecule is CN=C/C(=C\N)c1cc2c(cc1C(F)F)N(C(=N)C1CN(C(C)=O)CCC1NC1CCN(C(=O)CN3CCC(CCc4cccc5c4C(=O)N(C4CCC(=O)NC4=O)C5=O)CC3)CC1)CCC2. The van der Waals surface area contributed by atoms with Crippen LogP contribution in [0.1, 0.15) is 114 Å². The van der Waals surface area contributed by atoms with Crippen molar-refractivity contribution < 1.29 is 37.5 Å². The van der Waals surface area contributed by atoms with Crippen molar-refractivity contribution in [3.8, 4) is 0 Å². The van der Waals surface area contributed by atoms with Crippen molar-refractivity contribution in [2.24, 2.45) is 22.6 Å². The first-order valence-corrected chi connectivity index (χ1v) is 23.8. The molecule has 358 valence electrons. The minimum atomic E-state index is -2.77. The highest BCUT2D eigenvalue weighted by Gasteiger charge is 2.46. The zero-order valence-corrected chi connectivity index (χ0v) is 38.4. The Hall–Kier alpha value is -5.88. The van der Waals surface area contributed by atoms with Gasteiger partial charge >= 0.3 is 0 Å². The molecule has 2 aromatic rings. The number of benzene rings is 2. The molecule has 0 radical (unpaired) electrons. The van der Waals surface area contributed by atoms with Crippen LogP contribution in [0.15, 0.2) is 41.5 Å². The van der Waals surface area contributed by atoms with Crippen LogP contribution in [0.25, 0.3) is 5.57 Å². The lowest BCUT2D eigenvalue weighted by Crippen LogP contribution is -2.59. The second-order valence-corrected chi connectivity index (χ2v) is 18.9. The molecular weight excluding hydrogens is 863 g/mol. The molecule has 0 saturated carbocycles. The maximum atomic E-state index is 14.6. The maximum Gasteiger partial charge on any atom is 0.264 e. The van der Waals surface area contributed by atoms with Gasteiger partial charge in [0.2, 0.25) is 23.6 Å². The van der Waals surface area contributed by atoms with E-state index < -0.39 is 36.1 Å². The lowest BCUT2D eigenvalue weighted by Gasteiger charge is -2.45. The fourth-order valence-corrected chi connectivity index (χ4v) is 11.1. The highest BCUT2D eigenvalue weighted by molar-refractivity contribution is 6.24. The number of hydrogen-bond acceptors (Lipinski definition) is 11. The van der Waals surface area contributed by atoms with E-state index in [2.05, 4.69) is 20.5 Å². The van der Waals surface area contributed by atoms with E-state index in [1.807, 2.05) is 15.9 Å². The summed E-state index contributed by atoms with van der Waals surface area (Å²) in [7, 11) is 1.56. The standard InChI is InChI=1S/C49H62F2N10O6/c1-29(62)59-22-16-39(38(27-59)46(53)60-17-4-6-32-23-36(33(25-52)26-54-2)37(45(50)51)24-41(32)60)55-34-14-20-58(21-15-34)43(64)28-57-18-12-30(13-19-57)8-9-31-5-3-7-35-44(31)49(67)61(48(35)66)40-10-11-42(63)56-47(40)65/h3,5,7,23-26,30,34,38-40,45,53,55H,4,6,8-22,27-28,52H2,1-2H3,(H,56,63,65)/b33-25+,53-46?,54-26?. The molecule has 6 amide bonds. The van der Waals surface area contributed by atoms with Gasteiger partial charge in [-0.2, -0.15) is 0 Å². The number of carbonyl (C=O) groups is 6. The zero-order chi connectivity index (χ0) is 47.5. The maximum absolute atomic E-state index is 14.6. The number of imide groups is 2. The van der Waals surface area contributed by atoms with E-state index in [1.165, 1.54) is 25.4 Å². The van der Waals surface area contributed by atoms with Crippen molar-refractivity contribution >= 4 is 58.8 Å². The molecule has 0 spiro atoms. The minimum Gasteiger partial charge on any atom is -0.404 e.